The Morgan fingerprint density at radius 1 is 1.18 bits per heavy atom. The minimum absolute atomic E-state index is 0.0374. The molecule has 0 bridgehead atoms. The highest BCUT2D eigenvalue weighted by Gasteiger charge is 2.01. The van der Waals surface area contributed by atoms with Crippen molar-refractivity contribution in [2.45, 2.75) is 26.7 Å². The van der Waals surface area contributed by atoms with Crippen LogP contribution in [0.2, 0.25) is 0 Å². The molecule has 4 nitrogen and oxygen atoms in total. The lowest BCUT2D eigenvalue weighted by molar-refractivity contribution is -0.542. The van der Waals surface area contributed by atoms with Gasteiger partial charge >= 0.3 is 0 Å². The first kappa shape index (κ1) is 11.1. The summed E-state index contributed by atoms with van der Waals surface area (Å²) in [6.07, 6.45) is 1.67. The second kappa shape index (κ2) is 4.84. The molecular weight excluding hydrogens is 164 g/mol. The highest BCUT2D eigenvalue weighted by Crippen LogP contribution is 2.07. The summed E-state index contributed by atoms with van der Waals surface area (Å²) in [6, 6.07) is 0. The Kier molecular flexibility index (Phi) is 4.86. The van der Waals surface area contributed by atoms with Crippen LogP contribution in [0.5, 0.6) is 0 Å². The fourth-order valence-electron chi connectivity index (χ4n) is 0.744. The molecule has 0 rings (SSSR count). The molecule has 0 aromatic carbocycles. The Bertz CT molecular complexity index is 97.2. The number of hydrogen-bond donors (Lipinski definition) is 0. The van der Waals surface area contributed by atoms with Gasteiger partial charge in [0.25, 0.3) is 0 Å². The third-order valence-electron chi connectivity index (χ3n) is 1.65. The summed E-state index contributed by atoms with van der Waals surface area (Å²) in [5.74, 6) is 0.179. The molecule has 0 atom stereocenters. The summed E-state index contributed by atoms with van der Waals surface area (Å²) < 4.78 is 4.15. The predicted molar refractivity (Wildman–Crippen MR) is 35.8 cm³/mol. The monoisotopic (exact) mass is 177 g/mol. The summed E-state index contributed by atoms with van der Waals surface area (Å²) in [5, 5.41) is 0. The maximum absolute atomic E-state index is 10.0. The molecule has 0 aliphatic rings. The van der Waals surface area contributed by atoms with Gasteiger partial charge in [-0.2, -0.15) is 0 Å². The van der Waals surface area contributed by atoms with Crippen molar-refractivity contribution in [1.82, 2.24) is 0 Å². The van der Waals surface area contributed by atoms with E-state index in [4.69, 9.17) is 0 Å². The van der Waals surface area contributed by atoms with Crippen molar-refractivity contribution in [3.05, 3.63) is 0 Å². The molecule has 0 unspecified atom stereocenters. The zero-order chi connectivity index (χ0) is 8.91. The predicted octanol–water partition coefficient (Wildman–Crippen LogP) is -2.04. The Hall–Kier alpha value is 0.0569. The Labute approximate surface area is 67.9 Å². The van der Waals surface area contributed by atoms with Gasteiger partial charge in [0, 0.05) is 6.61 Å². The summed E-state index contributed by atoms with van der Waals surface area (Å²) in [7, 11) is -5.00. The largest absolute Gasteiger partial charge is 0.861 e. The first-order valence-corrected chi connectivity index (χ1v) is 5.38. The Morgan fingerprint density at radius 3 is 1.91 bits per heavy atom. The van der Waals surface area contributed by atoms with E-state index in [2.05, 4.69) is 4.43 Å². The van der Waals surface area contributed by atoms with Crippen molar-refractivity contribution in [3.8, 4) is 0 Å². The molecule has 0 radical (unpaired) electrons. The van der Waals surface area contributed by atoms with Gasteiger partial charge in [-0.15, -0.1) is 9.05 Å². The van der Waals surface area contributed by atoms with Crippen LogP contribution >= 0.6 is 0 Å². The normalized spacial score (nSPS) is 12.5. The van der Waals surface area contributed by atoms with Crippen LogP contribution in [-0.2, 0) is 4.43 Å². The molecule has 0 saturated carbocycles. The van der Waals surface area contributed by atoms with Crippen LogP contribution < -0.4 is 14.4 Å². The molecule has 0 amide bonds. The average molecular weight is 177 g/mol. The molecular formula is C6H13O4Si-3. The van der Waals surface area contributed by atoms with E-state index in [1.165, 1.54) is 0 Å². The van der Waals surface area contributed by atoms with Crippen LogP contribution in [0, 0.1) is 5.92 Å². The SMILES string of the molecule is CCC(CC)CO[Si]([O-])([O-])[O-]. The van der Waals surface area contributed by atoms with Crippen molar-refractivity contribution in [2.24, 2.45) is 5.92 Å². The average Bonchev–Trinajstić information content (AvgIpc) is 1.88. The second-order valence-electron chi connectivity index (χ2n) is 2.49. The second-order valence-corrected chi connectivity index (χ2v) is 3.78. The Balaban J connectivity index is 3.51. The molecule has 0 spiro atoms. The van der Waals surface area contributed by atoms with Crippen LogP contribution in [0.15, 0.2) is 0 Å². The van der Waals surface area contributed by atoms with Crippen LogP contribution in [0.3, 0.4) is 0 Å². The maximum Gasteiger partial charge on any atom is 0.0310 e. The summed E-state index contributed by atoms with van der Waals surface area (Å²) in [5.41, 5.74) is 0. The van der Waals surface area contributed by atoms with Gasteiger partial charge < -0.3 is 18.8 Å². The van der Waals surface area contributed by atoms with Crippen LogP contribution in [0.1, 0.15) is 26.7 Å². The fraction of sp³-hybridized carbons (Fsp3) is 1.00. The third-order valence-corrected chi connectivity index (χ3v) is 2.17. The van der Waals surface area contributed by atoms with Gasteiger partial charge in [-0.05, 0) is 5.92 Å². The smallest absolute Gasteiger partial charge is 0.0310 e. The van der Waals surface area contributed by atoms with Crippen molar-refractivity contribution in [1.29, 1.82) is 0 Å². The van der Waals surface area contributed by atoms with Crippen molar-refractivity contribution in [3.63, 3.8) is 0 Å². The van der Waals surface area contributed by atoms with Gasteiger partial charge in [0.2, 0.25) is 0 Å². The topological polar surface area (TPSA) is 78.4 Å². The van der Waals surface area contributed by atoms with Gasteiger partial charge in [-0.25, -0.2) is 0 Å². The molecule has 68 valence electrons. The molecule has 0 heterocycles. The van der Waals surface area contributed by atoms with Crippen molar-refractivity contribution in [2.75, 3.05) is 6.61 Å². The lowest BCUT2D eigenvalue weighted by Gasteiger charge is -2.54. The number of rotatable bonds is 5. The highest BCUT2D eigenvalue weighted by molar-refractivity contribution is 6.42. The quantitative estimate of drug-likeness (QED) is 0.453. The molecule has 0 aromatic heterocycles. The number of hydrogen-bond acceptors (Lipinski definition) is 4. The molecule has 0 aliphatic carbocycles. The molecule has 0 fully saturated rings. The first-order chi connectivity index (χ1) is 4.99. The molecule has 5 heteroatoms. The summed E-state index contributed by atoms with van der Waals surface area (Å²) >= 11 is 0. The van der Waals surface area contributed by atoms with Gasteiger partial charge in [0.05, 0.1) is 0 Å². The zero-order valence-electron chi connectivity index (χ0n) is 6.83. The molecule has 0 N–H and O–H groups in total. The van der Waals surface area contributed by atoms with E-state index in [9.17, 15) is 14.4 Å². The lowest BCUT2D eigenvalue weighted by atomic mass is 10.1. The molecule has 0 aliphatic heterocycles. The molecule has 0 aromatic rings. The minimum atomic E-state index is -5.00. The van der Waals surface area contributed by atoms with E-state index in [-0.39, 0.29) is 12.5 Å². The third kappa shape index (κ3) is 6.45. The van der Waals surface area contributed by atoms with Crippen LogP contribution in [0.25, 0.3) is 0 Å². The van der Waals surface area contributed by atoms with E-state index in [0.717, 1.165) is 12.8 Å². The highest BCUT2D eigenvalue weighted by atomic mass is 28.4. The van der Waals surface area contributed by atoms with Gasteiger partial charge in [-0.1, -0.05) is 26.7 Å². The van der Waals surface area contributed by atoms with Crippen LogP contribution in [0.4, 0.5) is 0 Å². The van der Waals surface area contributed by atoms with Gasteiger partial charge in [0.1, 0.15) is 0 Å². The van der Waals surface area contributed by atoms with E-state index < -0.39 is 9.05 Å². The summed E-state index contributed by atoms with van der Waals surface area (Å²) in [6.45, 7) is 3.90. The fourth-order valence-corrected chi connectivity index (χ4v) is 1.18. The van der Waals surface area contributed by atoms with E-state index >= 15 is 0 Å². The van der Waals surface area contributed by atoms with Crippen LogP contribution in [-0.4, -0.2) is 15.7 Å². The Morgan fingerprint density at radius 2 is 1.64 bits per heavy atom. The lowest BCUT2D eigenvalue weighted by Crippen LogP contribution is -2.75. The summed E-state index contributed by atoms with van der Waals surface area (Å²) in [4.78, 5) is 30.1. The minimum Gasteiger partial charge on any atom is -0.861 e. The van der Waals surface area contributed by atoms with Crippen molar-refractivity contribution >= 4 is 9.05 Å². The standard InChI is InChI=1S/C6H13O4Si/c1-3-6(4-2)5-10-11(7,8)9/h6H,3-5H2,1-2H3/q-3. The molecule has 0 saturated heterocycles. The maximum atomic E-state index is 10.0. The van der Waals surface area contributed by atoms with Gasteiger partial charge in [0.15, 0.2) is 0 Å². The first-order valence-electron chi connectivity index (χ1n) is 3.74. The van der Waals surface area contributed by atoms with E-state index in [0.29, 0.717) is 0 Å². The van der Waals surface area contributed by atoms with Gasteiger partial charge in [-0.3, -0.25) is 0 Å². The molecule has 11 heavy (non-hydrogen) atoms. The van der Waals surface area contributed by atoms with E-state index in [1.54, 1.807) is 0 Å². The van der Waals surface area contributed by atoms with E-state index in [1.807, 2.05) is 13.8 Å². The zero-order valence-corrected chi connectivity index (χ0v) is 7.83. The van der Waals surface area contributed by atoms with Crippen molar-refractivity contribution < 1.29 is 18.8 Å².